The highest BCUT2D eigenvalue weighted by Crippen LogP contribution is 2.36. The molecule has 1 unspecified atom stereocenters. The highest BCUT2D eigenvalue weighted by atomic mass is 19.3. The van der Waals surface area contributed by atoms with Crippen molar-refractivity contribution < 1.29 is 19.7 Å². The first-order valence-electron chi connectivity index (χ1n) is 11.4. The van der Waals surface area contributed by atoms with Gasteiger partial charge in [-0.15, -0.1) is 0 Å². The molecule has 0 radical (unpaired) electrons. The normalized spacial score (nSPS) is 20.2. The minimum atomic E-state index is -2.83. The molecule has 0 bridgehead atoms. The number of benzene rings is 2. The van der Waals surface area contributed by atoms with Gasteiger partial charge in [-0.3, -0.25) is 4.79 Å². The number of carbonyl (C=O) groups excluding carboxylic acids is 1. The van der Waals surface area contributed by atoms with Crippen LogP contribution in [0.4, 0.5) is 8.78 Å². The fourth-order valence-electron chi connectivity index (χ4n) is 4.47. The van der Waals surface area contributed by atoms with Crippen LogP contribution in [0.25, 0.3) is 0 Å². The zero-order chi connectivity index (χ0) is 23.6. The second-order valence-electron chi connectivity index (χ2n) is 8.98. The molecule has 4 rings (SSSR count). The van der Waals surface area contributed by atoms with Gasteiger partial charge in [-0.25, -0.2) is 8.78 Å². The number of ether oxygens (including phenoxy) is 1. The van der Waals surface area contributed by atoms with Crippen LogP contribution in [0.1, 0.15) is 44.8 Å². The number of hydrogen-bond donors (Lipinski definition) is 1. The van der Waals surface area contributed by atoms with Crippen molar-refractivity contribution in [2.45, 2.75) is 45.6 Å². The molecular formula is C27H32F2N2O2. The number of halogens is 2. The van der Waals surface area contributed by atoms with Crippen LogP contribution in [-0.2, 0) is 23.7 Å². The van der Waals surface area contributed by atoms with E-state index in [0.717, 1.165) is 25.2 Å². The summed E-state index contributed by atoms with van der Waals surface area (Å²) in [6.07, 6.45) is 7.35. The van der Waals surface area contributed by atoms with E-state index >= 15 is 0 Å². The Morgan fingerprint density at radius 1 is 1.18 bits per heavy atom. The standard InChI is InChI=1S/C27H30F2N2O2.H2/c1-4-27(28,29)21-8-11-23(12-9-21)33-24-10-7-19-13-15-31(18-20(19)16-24)22-6-5-14-26(2,17-22)25(32)30-3;/h5-12,14,16H,4,13,15,17-18H2,1-3H3,(H,30,32);1H. The largest absolute Gasteiger partial charge is 0.457 e. The molecule has 0 fully saturated rings. The summed E-state index contributed by atoms with van der Waals surface area (Å²) < 4.78 is 33.7. The van der Waals surface area contributed by atoms with E-state index < -0.39 is 11.3 Å². The van der Waals surface area contributed by atoms with E-state index in [1.807, 2.05) is 31.2 Å². The summed E-state index contributed by atoms with van der Waals surface area (Å²) in [5.74, 6) is -1.61. The molecule has 0 saturated heterocycles. The second-order valence-corrected chi connectivity index (χ2v) is 8.98. The number of nitrogens with one attached hydrogen (secondary N) is 1. The molecule has 1 amide bonds. The lowest BCUT2D eigenvalue weighted by Crippen LogP contribution is -2.40. The van der Waals surface area contributed by atoms with Gasteiger partial charge in [0.1, 0.15) is 11.5 Å². The Morgan fingerprint density at radius 2 is 1.91 bits per heavy atom. The summed E-state index contributed by atoms with van der Waals surface area (Å²) in [7, 11) is 1.67. The lowest BCUT2D eigenvalue weighted by Gasteiger charge is -2.37. The van der Waals surface area contributed by atoms with Gasteiger partial charge >= 0.3 is 0 Å². The molecule has 6 heteroatoms. The van der Waals surface area contributed by atoms with Crippen LogP contribution in [0.2, 0.25) is 0 Å². The molecule has 2 aromatic rings. The van der Waals surface area contributed by atoms with Gasteiger partial charge in [-0.05, 0) is 66.9 Å². The highest BCUT2D eigenvalue weighted by molar-refractivity contribution is 5.84. The van der Waals surface area contributed by atoms with Gasteiger partial charge in [-0.2, -0.15) is 0 Å². The minimum Gasteiger partial charge on any atom is -0.457 e. The molecule has 1 heterocycles. The molecule has 4 nitrogen and oxygen atoms in total. The molecule has 1 aliphatic heterocycles. The first-order chi connectivity index (χ1) is 15.7. The summed E-state index contributed by atoms with van der Waals surface area (Å²) in [6.45, 7) is 5.06. The Bertz CT molecular complexity index is 1100. The SMILES string of the molecule is CCC(F)(F)c1ccc(Oc2ccc3c(c2)CN(C2=CC=CC(C)(C(=O)NC)C2)CC3)cc1.[HH]. The molecule has 2 aromatic carbocycles. The quantitative estimate of drug-likeness (QED) is 0.567. The Morgan fingerprint density at radius 3 is 2.61 bits per heavy atom. The van der Waals surface area contributed by atoms with Gasteiger partial charge in [0.2, 0.25) is 5.91 Å². The number of amides is 1. The van der Waals surface area contributed by atoms with E-state index in [-0.39, 0.29) is 19.3 Å². The van der Waals surface area contributed by atoms with Gasteiger partial charge < -0.3 is 15.0 Å². The van der Waals surface area contributed by atoms with E-state index in [4.69, 9.17) is 4.74 Å². The van der Waals surface area contributed by atoms with Crippen molar-refractivity contribution in [1.82, 2.24) is 10.2 Å². The smallest absolute Gasteiger partial charge is 0.273 e. The van der Waals surface area contributed by atoms with Crippen LogP contribution in [0.15, 0.2) is 66.4 Å². The number of allylic oxidation sites excluding steroid dienone is 3. The average molecular weight is 455 g/mol. The Labute approximate surface area is 195 Å². The molecule has 0 spiro atoms. The van der Waals surface area contributed by atoms with Gasteiger partial charge in [0, 0.05) is 45.7 Å². The van der Waals surface area contributed by atoms with Crippen LogP contribution >= 0.6 is 0 Å². The number of rotatable bonds is 6. The fraction of sp³-hybridized carbons (Fsp3) is 0.370. The first-order valence-corrected chi connectivity index (χ1v) is 11.4. The monoisotopic (exact) mass is 454 g/mol. The third-order valence-electron chi connectivity index (χ3n) is 6.60. The summed E-state index contributed by atoms with van der Waals surface area (Å²) in [4.78, 5) is 14.7. The van der Waals surface area contributed by atoms with Gasteiger partial charge in [-0.1, -0.05) is 25.1 Å². The van der Waals surface area contributed by atoms with Gasteiger partial charge in [0.15, 0.2) is 0 Å². The van der Waals surface area contributed by atoms with Crippen molar-refractivity contribution in [2.75, 3.05) is 13.6 Å². The molecule has 1 aliphatic carbocycles. The van der Waals surface area contributed by atoms with Crippen LogP contribution < -0.4 is 10.1 Å². The van der Waals surface area contributed by atoms with Crippen LogP contribution in [0.3, 0.4) is 0 Å². The first kappa shape index (κ1) is 23.0. The predicted octanol–water partition coefficient (Wildman–Crippen LogP) is 6.18. The van der Waals surface area contributed by atoms with Gasteiger partial charge in [0.05, 0.1) is 5.41 Å². The van der Waals surface area contributed by atoms with E-state index in [1.165, 1.54) is 30.2 Å². The highest BCUT2D eigenvalue weighted by Gasteiger charge is 2.34. The van der Waals surface area contributed by atoms with Crippen molar-refractivity contribution in [2.24, 2.45) is 5.41 Å². The lowest BCUT2D eigenvalue weighted by atomic mass is 9.80. The number of fused-ring (bicyclic) bond motifs is 1. The summed E-state index contributed by atoms with van der Waals surface area (Å²) >= 11 is 0. The Balaban J connectivity index is 0.00000324. The van der Waals surface area contributed by atoms with E-state index in [9.17, 15) is 13.6 Å². The van der Waals surface area contributed by atoms with Crippen molar-refractivity contribution in [3.8, 4) is 11.5 Å². The molecule has 1 N–H and O–H groups in total. The average Bonchev–Trinajstić information content (AvgIpc) is 2.83. The molecule has 0 saturated carbocycles. The van der Waals surface area contributed by atoms with E-state index in [1.54, 1.807) is 19.2 Å². The van der Waals surface area contributed by atoms with Crippen molar-refractivity contribution >= 4 is 5.91 Å². The van der Waals surface area contributed by atoms with E-state index in [0.29, 0.717) is 17.9 Å². The molecule has 33 heavy (non-hydrogen) atoms. The second kappa shape index (κ2) is 9.00. The molecule has 2 aliphatic rings. The van der Waals surface area contributed by atoms with Crippen molar-refractivity contribution in [3.05, 3.63) is 83.1 Å². The molecule has 1 atom stereocenters. The summed E-state index contributed by atoms with van der Waals surface area (Å²) in [6, 6.07) is 12.0. The third-order valence-corrected chi connectivity index (χ3v) is 6.60. The molecule has 176 valence electrons. The van der Waals surface area contributed by atoms with Crippen LogP contribution in [0.5, 0.6) is 11.5 Å². The number of hydrogen-bond acceptors (Lipinski definition) is 3. The van der Waals surface area contributed by atoms with E-state index in [2.05, 4.69) is 22.4 Å². The lowest BCUT2D eigenvalue weighted by molar-refractivity contribution is -0.127. The maximum absolute atomic E-state index is 13.9. The third kappa shape index (κ3) is 4.80. The number of nitrogens with zero attached hydrogens (tertiary/aromatic N) is 1. The number of alkyl halides is 2. The van der Waals surface area contributed by atoms with Gasteiger partial charge in [0.25, 0.3) is 5.92 Å². The minimum absolute atomic E-state index is 0. The van der Waals surface area contributed by atoms with Crippen LogP contribution in [0, 0.1) is 5.41 Å². The maximum Gasteiger partial charge on any atom is 0.273 e. The predicted molar refractivity (Wildman–Crippen MR) is 127 cm³/mol. The molecule has 0 aromatic heterocycles. The Kier molecular flexibility index (Phi) is 6.28. The topological polar surface area (TPSA) is 41.6 Å². The molecular weight excluding hydrogens is 422 g/mol. The maximum atomic E-state index is 13.9. The summed E-state index contributed by atoms with van der Waals surface area (Å²) in [5.41, 5.74) is 3.04. The Hall–Kier alpha value is -3.15. The fourth-order valence-corrected chi connectivity index (χ4v) is 4.47. The summed E-state index contributed by atoms with van der Waals surface area (Å²) in [5, 5.41) is 2.77. The zero-order valence-electron chi connectivity index (χ0n) is 19.3. The number of carbonyl (C=O) groups is 1. The van der Waals surface area contributed by atoms with Crippen molar-refractivity contribution in [3.63, 3.8) is 0 Å². The van der Waals surface area contributed by atoms with Crippen LogP contribution in [-0.4, -0.2) is 24.4 Å². The van der Waals surface area contributed by atoms with Crippen molar-refractivity contribution in [1.29, 1.82) is 0 Å². The zero-order valence-corrected chi connectivity index (χ0v) is 19.3.